The van der Waals surface area contributed by atoms with Gasteiger partial charge in [0.15, 0.2) is 5.75 Å². The highest BCUT2D eigenvalue weighted by Crippen LogP contribution is 2.39. The van der Waals surface area contributed by atoms with Crippen molar-refractivity contribution < 1.29 is 21.9 Å². The third kappa shape index (κ3) is 3.92. The summed E-state index contributed by atoms with van der Waals surface area (Å²) >= 11 is 0. The number of benzene rings is 3. The molecule has 1 aromatic heterocycles. The summed E-state index contributed by atoms with van der Waals surface area (Å²) in [6.07, 6.45) is 1.39. The SMILES string of the molecule is Cc1ccc(S(=O)(=O)Nc2cc(S(=O)(=O)c3ccc(C)cc3)c(O)c3ncccc23)cc1. The maximum atomic E-state index is 13.3. The standard InChI is InChI=1S/C23H20N2O5S2/c1-15-5-9-17(10-6-15)31(27,28)21-14-20(19-4-3-13-24-22(19)23(21)26)25-32(29,30)18-11-7-16(2)8-12-18/h3-14,25-26H,1-2H3. The Kier molecular flexibility index (Phi) is 5.39. The molecule has 0 atom stereocenters. The van der Waals surface area contributed by atoms with Crippen LogP contribution in [0.4, 0.5) is 5.69 Å². The van der Waals surface area contributed by atoms with E-state index in [4.69, 9.17) is 0 Å². The van der Waals surface area contributed by atoms with E-state index in [0.717, 1.165) is 17.2 Å². The molecule has 0 aliphatic carbocycles. The molecule has 4 rings (SSSR count). The molecule has 0 aliphatic heterocycles. The van der Waals surface area contributed by atoms with Crippen molar-refractivity contribution in [1.82, 2.24) is 4.98 Å². The van der Waals surface area contributed by atoms with Crippen LogP contribution in [0, 0.1) is 13.8 Å². The summed E-state index contributed by atoms with van der Waals surface area (Å²) < 4.78 is 54.9. The lowest BCUT2D eigenvalue weighted by atomic mass is 10.1. The molecule has 0 saturated heterocycles. The van der Waals surface area contributed by atoms with E-state index < -0.39 is 30.5 Å². The molecule has 32 heavy (non-hydrogen) atoms. The van der Waals surface area contributed by atoms with E-state index in [1.54, 1.807) is 36.4 Å². The second kappa shape index (κ2) is 7.92. The highest BCUT2D eigenvalue weighted by molar-refractivity contribution is 7.93. The summed E-state index contributed by atoms with van der Waals surface area (Å²) in [6.45, 7) is 3.66. The molecule has 4 aromatic rings. The normalized spacial score (nSPS) is 12.1. The first kappa shape index (κ1) is 21.8. The number of nitrogens with one attached hydrogen (secondary N) is 1. The summed E-state index contributed by atoms with van der Waals surface area (Å²) in [5, 5.41) is 11.0. The quantitative estimate of drug-likeness (QED) is 0.425. The molecule has 2 N–H and O–H groups in total. The molecule has 0 unspecified atom stereocenters. The van der Waals surface area contributed by atoms with Crippen molar-refractivity contribution >= 4 is 36.5 Å². The minimum atomic E-state index is -4.15. The van der Waals surface area contributed by atoms with E-state index in [9.17, 15) is 21.9 Å². The molecule has 0 amide bonds. The third-order valence-electron chi connectivity index (χ3n) is 5.03. The summed E-state index contributed by atoms with van der Waals surface area (Å²) in [7, 11) is -8.17. The van der Waals surface area contributed by atoms with Gasteiger partial charge in [0.05, 0.1) is 15.5 Å². The van der Waals surface area contributed by atoms with Gasteiger partial charge in [-0.05, 0) is 56.3 Å². The summed E-state index contributed by atoms with van der Waals surface area (Å²) in [5.74, 6) is -0.542. The van der Waals surface area contributed by atoms with Crippen LogP contribution in [0.3, 0.4) is 0 Å². The van der Waals surface area contributed by atoms with Crippen LogP contribution in [0.2, 0.25) is 0 Å². The van der Waals surface area contributed by atoms with Gasteiger partial charge in [0.25, 0.3) is 10.0 Å². The van der Waals surface area contributed by atoms with Crippen molar-refractivity contribution in [3.8, 4) is 5.75 Å². The number of sulfone groups is 1. The Morgan fingerprint density at radius 3 is 1.97 bits per heavy atom. The van der Waals surface area contributed by atoms with Gasteiger partial charge in [-0.3, -0.25) is 9.71 Å². The molecule has 9 heteroatoms. The van der Waals surface area contributed by atoms with Crippen molar-refractivity contribution in [2.24, 2.45) is 0 Å². The predicted molar refractivity (Wildman–Crippen MR) is 122 cm³/mol. The molecule has 0 bridgehead atoms. The number of fused-ring (bicyclic) bond motifs is 1. The molecule has 0 aliphatic rings. The summed E-state index contributed by atoms with van der Waals surface area (Å²) in [5.41, 5.74) is 1.74. The van der Waals surface area contributed by atoms with Gasteiger partial charge in [0.1, 0.15) is 10.4 Å². The smallest absolute Gasteiger partial charge is 0.261 e. The van der Waals surface area contributed by atoms with Gasteiger partial charge in [-0.25, -0.2) is 16.8 Å². The van der Waals surface area contributed by atoms with Crippen molar-refractivity contribution in [1.29, 1.82) is 0 Å². The van der Waals surface area contributed by atoms with Crippen LogP contribution in [0.5, 0.6) is 5.75 Å². The first-order chi connectivity index (χ1) is 15.1. The first-order valence-electron chi connectivity index (χ1n) is 9.61. The monoisotopic (exact) mass is 468 g/mol. The minimum absolute atomic E-state index is 0.00263. The zero-order valence-electron chi connectivity index (χ0n) is 17.3. The number of pyridine rings is 1. The van der Waals surface area contributed by atoms with Gasteiger partial charge >= 0.3 is 0 Å². The van der Waals surface area contributed by atoms with Crippen molar-refractivity contribution in [2.75, 3.05) is 4.72 Å². The second-order valence-electron chi connectivity index (χ2n) is 7.41. The predicted octanol–water partition coefficient (Wildman–Crippen LogP) is 4.19. The molecule has 3 aromatic carbocycles. The van der Waals surface area contributed by atoms with Gasteiger partial charge in [0.2, 0.25) is 9.84 Å². The Morgan fingerprint density at radius 1 is 0.812 bits per heavy atom. The van der Waals surface area contributed by atoms with Gasteiger partial charge in [0, 0.05) is 11.6 Å². The van der Waals surface area contributed by atoms with E-state index in [0.29, 0.717) is 0 Å². The average molecular weight is 469 g/mol. The second-order valence-corrected chi connectivity index (χ2v) is 11.0. The molecular weight excluding hydrogens is 448 g/mol. The number of sulfonamides is 1. The van der Waals surface area contributed by atoms with E-state index in [-0.39, 0.29) is 26.4 Å². The van der Waals surface area contributed by atoms with Gasteiger partial charge in [-0.2, -0.15) is 0 Å². The lowest BCUT2D eigenvalue weighted by Crippen LogP contribution is -2.14. The van der Waals surface area contributed by atoms with E-state index in [1.807, 2.05) is 13.8 Å². The average Bonchev–Trinajstić information content (AvgIpc) is 2.76. The van der Waals surface area contributed by atoms with E-state index >= 15 is 0 Å². The van der Waals surface area contributed by atoms with Crippen molar-refractivity contribution in [3.63, 3.8) is 0 Å². The number of phenols is 1. The number of rotatable bonds is 5. The van der Waals surface area contributed by atoms with Crippen molar-refractivity contribution in [3.05, 3.63) is 84.1 Å². The number of nitrogens with zero attached hydrogens (tertiary/aromatic N) is 1. The number of aromatic hydroxyl groups is 1. The van der Waals surface area contributed by atoms with Gasteiger partial charge in [-0.1, -0.05) is 35.4 Å². The Balaban J connectivity index is 1.91. The number of anilines is 1. The van der Waals surface area contributed by atoms with Crippen LogP contribution in [0.25, 0.3) is 10.9 Å². The lowest BCUT2D eigenvalue weighted by molar-refractivity contribution is 0.464. The zero-order chi connectivity index (χ0) is 23.1. The summed E-state index contributed by atoms with van der Waals surface area (Å²) in [4.78, 5) is 3.65. The minimum Gasteiger partial charge on any atom is -0.504 e. The number of aromatic nitrogens is 1. The van der Waals surface area contributed by atoms with Crippen LogP contribution in [0.1, 0.15) is 11.1 Å². The Hall–Kier alpha value is -3.43. The molecule has 0 radical (unpaired) electrons. The lowest BCUT2D eigenvalue weighted by Gasteiger charge is -2.15. The number of hydrogen-bond donors (Lipinski definition) is 2. The Bertz CT molecular complexity index is 1530. The van der Waals surface area contributed by atoms with E-state index in [2.05, 4.69) is 9.71 Å². The molecule has 164 valence electrons. The van der Waals surface area contributed by atoms with Crippen LogP contribution in [0.15, 0.2) is 87.6 Å². The number of phenolic OH excluding ortho intramolecular Hbond substituents is 1. The van der Waals surface area contributed by atoms with Gasteiger partial charge < -0.3 is 5.11 Å². The molecule has 1 heterocycles. The molecule has 7 nitrogen and oxygen atoms in total. The van der Waals surface area contributed by atoms with Crippen molar-refractivity contribution in [2.45, 2.75) is 28.5 Å². The fourth-order valence-corrected chi connectivity index (χ4v) is 5.70. The Labute approximate surface area is 186 Å². The van der Waals surface area contributed by atoms with Crippen LogP contribution in [-0.2, 0) is 19.9 Å². The highest BCUT2D eigenvalue weighted by Gasteiger charge is 2.27. The molecular formula is C23H20N2O5S2. The number of aryl methyl sites for hydroxylation is 2. The third-order valence-corrected chi connectivity index (χ3v) is 8.19. The fourth-order valence-electron chi connectivity index (χ4n) is 3.26. The number of hydrogen-bond acceptors (Lipinski definition) is 6. The zero-order valence-corrected chi connectivity index (χ0v) is 18.9. The van der Waals surface area contributed by atoms with Crippen LogP contribution < -0.4 is 4.72 Å². The van der Waals surface area contributed by atoms with E-state index in [1.165, 1.54) is 30.5 Å². The highest BCUT2D eigenvalue weighted by atomic mass is 32.2. The fraction of sp³-hybridized carbons (Fsp3) is 0.0870. The van der Waals surface area contributed by atoms with Crippen LogP contribution in [-0.4, -0.2) is 26.9 Å². The topological polar surface area (TPSA) is 113 Å². The van der Waals surface area contributed by atoms with Crippen LogP contribution >= 0.6 is 0 Å². The molecule has 0 fully saturated rings. The summed E-state index contributed by atoms with van der Waals surface area (Å²) in [6, 6.07) is 16.7. The van der Waals surface area contributed by atoms with Gasteiger partial charge in [-0.15, -0.1) is 0 Å². The largest absolute Gasteiger partial charge is 0.504 e. The molecule has 0 saturated carbocycles. The maximum Gasteiger partial charge on any atom is 0.261 e. The molecule has 0 spiro atoms. The first-order valence-corrected chi connectivity index (χ1v) is 12.6. The Morgan fingerprint density at radius 2 is 1.38 bits per heavy atom. The maximum absolute atomic E-state index is 13.3.